The second kappa shape index (κ2) is 13.9. The lowest BCUT2D eigenvalue weighted by molar-refractivity contribution is -0.143. The molecule has 2 aliphatic heterocycles. The summed E-state index contributed by atoms with van der Waals surface area (Å²) in [7, 11) is 3.63. The maximum Gasteiger partial charge on any atom is 0.433 e. The third-order valence-electron chi connectivity index (χ3n) is 10.7. The van der Waals surface area contributed by atoms with Gasteiger partial charge >= 0.3 is 12.4 Å². The number of carbonyl (C=O) groups is 4. The quantitative estimate of drug-likeness (QED) is 0.121. The highest BCUT2D eigenvalue weighted by Gasteiger charge is 2.63. The fourth-order valence-electron chi connectivity index (χ4n) is 8.27. The minimum absolute atomic E-state index is 0.0240. The third-order valence-corrected chi connectivity index (χ3v) is 12.1. The van der Waals surface area contributed by atoms with Crippen molar-refractivity contribution in [2.45, 2.75) is 31.1 Å². The van der Waals surface area contributed by atoms with E-state index in [4.69, 9.17) is 27.9 Å². The van der Waals surface area contributed by atoms with Crippen LogP contribution in [-0.2, 0) is 31.5 Å². The van der Waals surface area contributed by atoms with E-state index in [0.29, 0.717) is 36.9 Å². The molecule has 6 atom stereocenters. The van der Waals surface area contributed by atoms with Gasteiger partial charge in [-0.1, -0.05) is 34.9 Å². The molecule has 4 heterocycles. The van der Waals surface area contributed by atoms with E-state index in [-0.39, 0.29) is 34.4 Å². The first-order valence-electron chi connectivity index (χ1n) is 16.6. The van der Waals surface area contributed by atoms with E-state index in [0.717, 1.165) is 29.2 Å². The number of phenols is 1. The van der Waals surface area contributed by atoms with E-state index in [1.165, 1.54) is 20.2 Å². The first-order chi connectivity index (χ1) is 26.2. The van der Waals surface area contributed by atoms with Gasteiger partial charge in [-0.25, -0.2) is 9.97 Å². The van der Waals surface area contributed by atoms with Crippen LogP contribution in [0.25, 0.3) is 0 Å². The number of hydrogen-bond donors (Lipinski definition) is 1. The fourth-order valence-corrected chi connectivity index (χ4v) is 9.35. The van der Waals surface area contributed by atoms with Crippen molar-refractivity contribution in [1.82, 2.24) is 20.0 Å². The smallest absolute Gasteiger partial charge is 0.433 e. The van der Waals surface area contributed by atoms with Crippen LogP contribution in [0.3, 0.4) is 0 Å². The fraction of sp³-hybridized carbons (Fsp3) is 0.371. The molecule has 3 aromatic rings. The highest BCUT2D eigenvalue weighted by atomic mass is 127. The van der Waals surface area contributed by atoms with Crippen LogP contribution >= 0.6 is 45.8 Å². The number of rotatable bonds is 6. The SMILES string of the molecule is COc1cc(C2C3=CCC4C(=O)N(N(C)c5nc(C(F)(F)F)ccc5Cl)C(=O)C4C3CC3C(=O)N(N(C)c4nc(C(F)(F)F)ccc4Cl)C(=O)C32)cc(I)c1O. The number of alkyl halides is 6. The number of aromatic hydroxyl groups is 1. The number of carbonyl (C=O) groups excluding carboxylic acids is 4. The second-order valence-corrected chi connectivity index (χ2v) is 15.6. The zero-order valence-corrected chi connectivity index (χ0v) is 32.7. The first-order valence-corrected chi connectivity index (χ1v) is 18.5. The van der Waals surface area contributed by atoms with Gasteiger partial charge in [0.15, 0.2) is 23.1 Å². The highest BCUT2D eigenvalue weighted by molar-refractivity contribution is 14.1. The molecule has 1 N–H and O–H groups in total. The number of methoxy groups -OCH3 is 1. The average Bonchev–Trinajstić information content (AvgIpc) is 3.54. The molecular weight excluding hydrogens is 912 g/mol. The van der Waals surface area contributed by atoms with E-state index in [1.807, 2.05) is 22.6 Å². The lowest BCUT2D eigenvalue weighted by Gasteiger charge is -2.44. The molecule has 0 bridgehead atoms. The summed E-state index contributed by atoms with van der Waals surface area (Å²) < 4.78 is 87.5. The van der Waals surface area contributed by atoms with E-state index in [1.54, 1.807) is 12.1 Å². The minimum atomic E-state index is -4.89. The van der Waals surface area contributed by atoms with Crippen molar-refractivity contribution in [3.63, 3.8) is 0 Å². The van der Waals surface area contributed by atoms with Crippen LogP contribution in [0.15, 0.2) is 48.0 Å². The van der Waals surface area contributed by atoms with Gasteiger partial charge < -0.3 is 9.84 Å². The number of benzene rings is 1. The van der Waals surface area contributed by atoms with Crippen LogP contribution in [0.4, 0.5) is 38.0 Å². The van der Waals surface area contributed by atoms with Gasteiger partial charge in [-0.15, -0.1) is 0 Å². The lowest BCUT2D eigenvalue weighted by Crippen LogP contribution is -2.46. The molecule has 21 heteroatoms. The van der Waals surface area contributed by atoms with Gasteiger partial charge in [-0.05, 0) is 83.3 Å². The van der Waals surface area contributed by atoms with Gasteiger partial charge in [0, 0.05) is 20.0 Å². The summed E-state index contributed by atoms with van der Waals surface area (Å²) in [4.78, 5) is 64.5. The number of hydrazine groups is 2. The van der Waals surface area contributed by atoms with Gasteiger partial charge in [-0.2, -0.15) is 36.4 Å². The molecule has 2 aliphatic carbocycles. The van der Waals surface area contributed by atoms with E-state index in [2.05, 4.69) is 9.97 Å². The number of pyridine rings is 2. The number of amides is 4. The summed E-state index contributed by atoms with van der Waals surface area (Å²) >= 11 is 14.3. The zero-order valence-electron chi connectivity index (χ0n) is 29.0. The Bertz CT molecular complexity index is 2240. The number of phenolic OH excluding ortho intramolecular Hbond substituents is 1. The molecule has 12 nitrogen and oxygen atoms in total. The molecule has 4 amide bonds. The number of imide groups is 2. The van der Waals surface area contributed by atoms with Crippen LogP contribution in [0.2, 0.25) is 10.0 Å². The van der Waals surface area contributed by atoms with Crippen LogP contribution < -0.4 is 14.8 Å². The Kier molecular flexibility index (Phi) is 9.91. The number of nitrogens with zero attached hydrogens (tertiary/aromatic N) is 6. The standard InChI is InChI=1S/C35H27Cl2F6IN6O6/c1-47(28-18(36)6-8-22(45-28)34(38,39)40)49-30(52)15-5-4-14-16(25(15)32(49)54)12-17-26(24(14)13-10-20(44)27(51)21(11-13)56-3)33(55)50(31(17)53)48(2)29-19(37)7-9-23(46-29)35(41,42)43/h4,6-11,15-17,24-26,51H,5,12H2,1-3H3. The summed E-state index contributed by atoms with van der Waals surface area (Å²) in [6.07, 6.45) is -8.27. The normalized spacial score (nSPS) is 24.9. The molecule has 1 saturated carbocycles. The minimum Gasteiger partial charge on any atom is -0.504 e. The van der Waals surface area contributed by atoms with E-state index >= 15 is 0 Å². The molecule has 296 valence electrons. The topological polar surface area (TPSA) is 136 Å². The molecule has 4 aliphatic rings. The lowest BCUT2D eigenvalue weighted by atomic mass is 9.57. The van der Waals surface area contributed by atoms with Crippen molar-refractivity contribution < 1.29 is 55.4 Å². The molecule has 6 unspecified atom stereocenters. The van der Waals surface area contributed by atoms with Gasteiger partial charge in [0.05, 0.1) is 44.4 Å². The van der Waals surface area contributed by atoms with E-state index < -0.39 is 94.5 Å². The number of ether oxygens (including phenoxy) is 1. The van der Waals surface area contributed by atoms with Crippen molar-refractivity contribution in [2.24, 2.45) is 29.6 Å². The Hall–Kier alpha value is -4.37. The van der Waals surface area contributed by atoms with E-state index in [9.17, 15) is 50.6 Å². The number of aromatic nitrogens is 2. The summed E-state index contributed by atoms with van der Waals surface area (Å²) in [5.41, 5.74) is -1.76. The largest absolute Gasteiger partial charge is 0.504 e. The van der Waals surface area contributed by atoms with Crippen molar-refractivity contribution >= 4 is 81.1 Å². The molecule has 56 heavy (non-hydrogen) atoms. The first kappa shape index (κ1) is 39.8. The molecular formula is C35H27Cl2F6IN6O6. The van der Waals surface area contributed by atoms with Crippen LogP contribution in [0.5, 0.6) is 11.5 Å². The number of allylic oxidation sites excluding steroid dienone is 2. The number of halogens is 9. The van der Waals surface area contributed by atoms with Crippen LogP contribution in [-0.4, -0.2) is 69.9 Å². The van der Waals surface area contributed by atoms with Crippen molar-refractivity contribution in [1.29, 1.82) is 0 Å². The molecule has 2 aromatic heterocycles. The van der Waals surface area contributed by atoms with Gasteiger partial charge in [0.1, 0.15) is 11.4 Å². The molecule has 7 rings (SSSR count). The maximum absolute atomic E-state index is 14.5. The molecule has 0 spiro atoms. The summed E-state index contributed by atoms with van der Waals surface area (Å²) in [6, 6.07) is 6.20. The maximum atomic E-state index is 14.5. The predicted molar refractivity (Wildman–Crippen MR) is 194 cm³/mol. The van der Waals surface area contributed by atoms with Crippen LogP contribution in [0, 0.1) is 33.2 Å². The molecule has 2 saturated heterocycles. The Morgan fingerprint density at radius 3 is 1.79 bits per heavy atom. The number of fused-ring (bicyclic) bond motifs is 4. The Labute approximate surface area is 337 Å². The Morgan fingerprint density at radius 1 is 0.786 bits per heavy atom. The monoisotopic (exact) mass is 938 g/mol. The number of hydrogen-bond acceptors (Lipinski definition) is 10. The Balaban J connectivity index is 1.32. The summed E-state index contributed by atoms with van der Waals surface area (Å²) in [6.45, 7) is 0. The molecule has 1 aromatic carbocycles. The van der Waals surface area contributed by atoms with Gasteiger partial charge in [0.25, 0.3) is 23.6 Å². The summed E-state index contributed by atoms with van der Waals surface area (Å²) in [5.74, 6) is -10.9. The van der Waals surface area contributed by atoms with Crippen LogP contribution in [0.1, 0.15) is 35.7 Å². The average molecular weight is 939 g/mol. The van der Waals surface area contributed by atoms with Crippen molar-refractivity contribution in [3.05, 3.63) is 78.6 Å². The Morgan fingerprint density at radius 2 is 1.29 bits per heavy atom. The second-order valence-electron chi connectivity index (χ2n) is 13.6. The molecule has 3 fully saturated rings. The third kappa shape index (κ3) is 6.29. The molecule has 0 radical (unpaired) electrons. The van der Waals surface area contributed by atoms with Crippen molar-refractivity contribution in [2.75, 3.05) is 31.2 Å². The highest BCUT2D eigenvalue weighted by Crippen LogP contribution is 2.59. The predicted octanol–water partition coefficient (Wildman–Crippen LogP) is 6.88. The van der Waals surface area contributed by atoms with Gasteiger partial charge in [-0.3, -0.25) is 29.2 Å². The van der Waals surface area contributed by atoms with Gasteiger partial charge in [0.2, 0.25) is 0 Å². The summed E-state index contributed by atoms with van der Waals surface area (Å²) in [5, 5.41) is 13.1. The zero-order chi connectivity index (χ0) is 40.9. The number of anilines is 2. The van der Waals surface area contributed by atoms with Crippen molar-refractivity contribution in [3.8, 4) is 11.5 Å².